The second-order valence-corrected chi connectivity index (χ2v) is 9.75. The standard InChI is InChI=1S/C18H27N3O2S2/c1-3-21(4-2)25(22,23)15-10-11-16-17(12-15)20-18(19-16)13-24-14-8-6-5-7-9-14/h10-12,14H,3-9,13H2,1-2H3,(H,19,20). The highest BCUT2D eigenvalue weighted by Gasteiger charge is 2.22. The monoisotopic (exact) mass is 381 g/mol. The Morgan fingerprint density at radius 1 is 1.20 bits per heavy atom. The largest absolute Gasteiger partial charge is 0.341 e. The first-order valence-corrected chi connectivity index (χ1v) is 11.6. The van der Waals surface area contributed by atoms with E-state index in [0.29, 0.717) is 18.0 Å². The maximum atomic E-state index is 12.7. The molecule has 0 saturated heterocycles. The van der Waals surface area contributed by atoms with Crippen LogP contribution in [-0.4, -0.2) is 41.0 Å². The summed E-state index contributed by atoms with van der Waals surface area (Å²) in [6.45, 7) is 4.67. The summed E-state index contributed by atoms with van der Waals surface area (Å²) in [6, 6.07) is 5.18. The molecule has 1 heterocycles. The van der Waals surface area contributed by atoms with E-state index in [0.717, 1.165) is 27.9 Å². The van der Waals surface area contributed by atoms with Crippen LogP contribution in [0.4, 0.5) is 0 Å². The van der Waals surface area contributed by atoms with E-state index in [2.05, 4.69) is 9.97 Å². The molecule has 25 heavy (non-hydrogen) atoms. The van der Waals surface area contributed by atoms with Crippen LogP contribution in [0.15, 0.2) is 23.1 Å². The Balaban J connectivity index is 1.77. The summed E-state index contributed by atoms with van der Waals surface area (Å²) in [7, 11) is -3.43. The predicted octanol–water partition coefficient (Wildman–Crippen LogP) is 4.16. The molecule has 2 aromatic rings. The second-order valence-electron chi connectivity index (χ2n) is 6.52. The third kappa shape index (κ3) is 4.20. The molecule has 1 fully saturated rings. The van der Waals surface area contributed by atoms with E-state index in [9.17, 15) is 8.42 Å². The third-order valence-electron chi connectivity index (χ3n) is 4.85. The number of nitrogens with zero attached hydrogens (tertiary/aromatic N) is 2. The van der Waals surface area contributed by atoms with E-state index in [4.69, 9.17) is 0 Å². The first kappa shape index (κ1) is 18.7. The lowest BCUT2D eigenvalue weighted by Crippen LogP contribution is -2.30. The number of fused-ring (bicyclic) bond motifs is 1. The topological polar surface area (TPSA) is 66.1 Å². The number of aromatic amines is 1. The van der Waals surface area contributed by atoms with Gasteiger partial charge < -0.3 is 4.98 Å². The van der Waals surface area contributed by atoms with Gasteiger partial charge in [0.25, 0.3) is 0 Å². The summed E-state index contributed by atoms with van der Waals surface area (Å²) in [5.74, 6) is 1.79. The van der Waals surface area contributed by atoms with Gasteiger partial charge in [-0.1, -0.05) is 33.1 Å². The first-order chi connectivity index (χ1) is 12.0. The minimum absolute atomic E-state index is 0.332. The Kier molecular flexibility index (Phi) is 6.07. The minimum atomic E-state index is -3.43. The normalized spacial score (nSPS) is 16.8. The van der Waals surface area contributed by atoms with Crippen molar-refractivity contribution in [1.82, 2.24) is 14.3 Å². The molecule has 1 aliphatic carbocycles. The summed E-state index contributed by atoms with van der Waals surface area (Å²) in [4.78, 5) is 8.26. The zero-order valence-corrected chi connectivity index (χ0v) is 16.6. The molecule has 5 nitrogen and oxygen atoms in total. The zero-order valence-electron chi connectivity index (χ0n) is 15.0. The number of aromatic nitrogens is 2. The summed E-state index contributed by atoms with van der Waals surface area (Å²) >= 11 is 1.97. The summed E-state index contributed by atoms with van der Waals surface area (Å²) < 4.78 is 26.8. The molecule has 0 amide bonds. The van der Waals surface area contributed by atoms with Crippen molar-refractivity contribution in [2.24, 2.45) is 0 Å². The average Bonchev–Trinajstić information content (AvgIpc) is 3.04. The second kappa shape index (κ2) is 8.10. The summed E-state index contributed by atoms with van der Waals surface area (Å²) in [5, 5.41) is 0.737. The molecule has 0 atom stereocenters. The molecule has 0 bridgehead atoms. The fourth-order valence-corrected chi connectivity index (χ4v) is 6.09. The lowest BCUT2D eigenvalue weighted by molar-refractivity contribution is 0.445. The fourth-order valence-electron chi connectivity index (χ4n) is 3.41. The van der Waals surface area contributed by atoms with Gasteiger partial charge in [-0.05, 0) is 31.0 Å². The first-order valence-electron chi connectivity index (χ1n) is 9.15. The Hall–Kier alpha value is -1.05. The van der Waals surface area contributed by atoms with Gasteiger partial charge in [-0.3, -0.25) is 0 Å². The Bertz CT molecular complexity index is 807. The molecule has 138 valence electrons. The molecule has 0 radical (unpaired) electrons. The van der Waals surface area contributed by atoms with Crippen molar-refractivity contribution in [2.45, 2.75) is 61.8 Å². The van der Waals surface area contributed by atoms with E-state index in [1.807, 2.05) is 25.6 Å². The lowest BCUT2D eigenvalue weighted by Gasteiger charge is -2.20. The van der Waals surface area contributed by atoms with Crippen LogP contribution in [-0.2, 0) is 15.8 Å². The molecule has 0 aliphatic heterocycles. The quantitative estimate of drug-likeness (QED) is 0.782. The highest BCUT2D eigenvalue weighted by Crippen LogP contribution is 2.30. The van der Waals surface area contributed by atoms with Crippen LogP contribution in [0.3, 0.4) is 0 Å². The minimum Gasteiger partial charge on any atom is -0.341 e. The van der Waals surface area contributed by atoms with Crippen molar-refractivity contribution in [1.29, 1.82) is 0 Å². The average molecular weight is 382 g/mol. The Morgan fingerprint density at radius 3 is 2.60 bits per heavy atom. The van der Waals surface area contributed by atoms with E-state index < -0.39 is 10.0 Å². The van der Waals surface area contributed by atoms with Crippen LogP contribution < -0.4 is 0 Å². The fraction of sp³-hybridized carbons (Fsp3) is 0.611. The van der Waals surface area contributed by atoms with Gasteiger partial charge in [0.15, 0.2) is 0 Å². The number of sulfonamides is 1. The van der Waals surface area contributed by atoms with Crippen LogP contribution in [0.2, 0.25) is 0 Å². The van der Waals surface area contributed by atoms with Gasteiger partial charge in [-0.25, -0.2) is 13.4 Å². The number of rotatable bonds is 7. The molecule has 7 heteroatoms. The number of imidazole rings is 1. The Morgan fingerprint density at radius 2 is 1.92 bits per heavy atom. The number of thioether (sulfide) groups is 1. The molecule has 0 spiro atoms. The van der Waals surface area contributed by atoms with E-state index >= 15 is 0 Å². The molecular formula is C18H27N3O2S2. The molecule has 1 saturated carbocycles. The number of nitrogens with one attached hydrogen (secondary N) is 1. The van der Waals surface area contributed by atoms with Crippen molar-refractivity contribution in [3.05, 3.63) is 24.0 Å². The van der Waals surface area contributed by atoms with Crippen molar-refractivity contribution in [2.75, 3.05) is 13.1 Å². The van der Waals surface area contributed by atoms with Gasteiger partial charge >= 0.3 is 0 Å². The highest BCUT2D eigenvalue weighted by atomic mass is 32.2. The van der Waals surface area contributed by atoms with E-state index in [-0.39, 0.29) is 0 Å². The number of hydrogen-bond donors (Lipinski definition) is 1. The molecule has 1 aromatic carbocycles. The molecule has 3 rings (SSSR count). The SMILES string of the molecule is CCN(CC)S(=O)(=O)c1ccc2nc(CSC3CCCCC3)[nH]c2c1. The van der Waals surface area contributed by atoms with Crippen molar-refractivity contribution >= 4 is 32.8 Å². The Labute approximate surface area is 154 Å². The molecule has 1 aliphatic rings. The number of H-pyrrole nitrogens is 1. The van der Waals surface area contributed by atoms with Gasteiger partial charge in [0.2, 0.25) is 10.0 Å². The van der Waals surface area contributed by atoms with Gasteiger partial charge in [-0.2, -0.15) is 16.1 Å². The molecule has 1 aromatic heterocycles. The predicted molar refractivity (Wildman–Crippen MR) is 104 cm³/mol. The summed E-state index contributed by atoms with van der Waals surface area (Å²) in [6.07, 6.45) is 6.65. The smallest absolute Gasteiger partial charge is 0.243 e. The van der Waals surface area contributed by atoms with Gasteiger partial charge in [0, 0.05) is 18.3 Å². The summed E-state index contributed by atoms with van der Waals surface area (Å²) in [5.41, 5.74) is 1.63. The number of benzene rings is 1. The zero-order chi connectivity index (χ0) is 17.9. The van der Waals surface area contributed by atoms with Crippen molar-refractivity contribution < 1.29 is 8.42 Å². The van der Waals surface area contributed by atoms with Crippen LogP contribution >= 0.6 is 11.8 Å². The third-order valence-corrected chi connectivity index (χ3v) is 8.28. The van der Waals surface area contributed by atoms with Gasteiger partial charge in [0.1, 0.15) is 5.82 Å². The van der Waals surface area contributed by atoms with Crippen molar-refractivity contribution in [3.8, 4) is 0 Å². The van der Waals surface area contributed by atoms with Crippen LogP contribution in [0, 0.1) is 0 Å². The number of hydrogen-bond acceptors (Lipinski definition) is 4. The van der Waals surface area contributed by atoms with E-state index in [1.54, 1.807) is 18.2 Å². The van der Waals surface area contributed by atoms with Crippen molar-refractivity contribution in [3.63, 3.8) is 0 Å². The molecule has 1 N–H and O–H groups in total. The highest BCUT2D eigenvalue weighted by molar-refractivity contribution is 7.99. The van der Waals surface area contributed by atoms with Gasteiger partial charge in [-0.15, -0.1) is 0 Å². The van der Waals surface area contributed by atoms with Crippen LogP contribution in [0.25, 0.3) is 11.0 Å². The lowest BCUT2D eigenvalue weighted by atomic mass is 10.0. The van der Waals surface area contributed by atoms with Crippen LogP contribution in [0.1, 0.15) is 51.8 Å². The molecule has 0 unspecified atom stereocenters. The maximum Gasteiger partial charge on any atom is 0.243 e. The van der Waals surface area contributed by atoms with E-state index in [1.165, 1.54) is 36.4 Å². The maximum absolute atomic E-state index is 12.7. The van der Waals surface area contributed by atoms with Crippen LogP contribution in [0.5, 0.6) is 0 Å². The van der Waals surface area contributed by atoms with Gasteiger partial charge in [0.05, 0.1) is 21.7 Å². The molecular weight excluding hydrogens is 354 g/mol.